The summed E-state index contributed by atoms with van der Waals surface area (Å²) in [7, 11) is 0. The highest BCUT2D eigenvalue weighted by Gasteiger charge is 2.11. The third kappa shape index (κ3) is 2.43. The lowest BCUT2D eigenvalue weighted by molar-refractivity contribution is -0.721. The Hall–Kier alpha value is -2.07. The van der Waals surface area contributed by atoms with Crippen LogP contribution in [0.4, 0.5) is 0 Å². The molecule has 0 fully saturated rings. The summed E-state index contributed by atoms with van der Waals surface area (Å²) in [6.07, 6.45) is 7.51. The predicted molar refractivity (Wildman–Crippen MR) is 75.1 cm³/mol. The molecule has 0 saturated carbocycles. The summed E-state index contributed by atoms with van der Waals surface area (Å²) in [4.78, 5) is 0. The summed E-state index contributed by atoms with van der Waals surface area (Å²) in [5.41, 5.74) is 4.62. The average Bonchev–Trinajstić information content (AvgIpc) is 2.38. The van der Waals surface area contributed by atoms with Crippen molar-refractivity contribution in [3.63, 3.8) is 0 Å². The topological polar surface area (TPSA) is 3.88 Å². The van der Waals surface area contributed by atoms with Crippen LogP contribution in [0, 0.1) is 19.3 Å². The van der Waals surface area contributed by atoms with E-state index in [4.69, 9.17) is 6.42 Å². The fraction of sp³-hybridized carbons (Fsp3) is 0.235. The number of rotatable bonds is 2. The molecule has 0 spiro atoms. The van der Waals surface area contributed by atoms with Crippen LogP contribution in [-0.2, 0) is 0 Å². The fourth-order valence-electron chi connectivity index (χ4n) is 2.14. The predicted octanol–water partition coefficient (Wildman–Crippen LogP) is 3.51. The van der Waals surface area contributed by atoms with Crippen LogP contribution < -0.4 is 4.57 Å². The first kappa shape index (κ1) is 12.4. The van der Waals surface area contributed by atoms with Crippen molar-refractivity contribution in [3.8, 4) is 23.5 Å². The molecule has 1 aromatic heterocycles. The van der Waals surface area contributed by atoms with Gasteiger partial charge in [0.15, 0.2) is 17.9 Å². The third-order valence-corrected chi connectivity index (χ3v) is 3.13. The number of terminal acetylenes is 1. The molecule has 1 nitrogen and oxygen atoms in total. The summed E-state index contributed by atoms with van der Waals surface area (Å²) in [6.45, 7) is 6.52. The van der Waals surface area contributed by atoms with Gasteiger partial charge < -0.3 is 0 Å². The van der Waals surface area contributed by atoms with Gasteiger partial charge in [0.2, 0.25) is 0 Å². The van der Waals surface area contributed by atoms with Crippen LogP contribution in [0.25, 0.3) is 11.1 Å². The Morgan fingerprint density at radius 2 is 1.72 bits per heavy atom. The molecule has 0 aliphatic heterocycles. The first-order valence-corrected chi connectivity index (χ1v) is 6.20. The Balaban J connectivity index is 2.39. The first-order chi connectivity index (χ1) is 8.61. The lowest BCUT2D eigenvalue weighted by Gasteiger charge is -2.06. The van der Waals surface area contributed by atoms with E-state index < -0.39 is 0 Å². The van der Waals surface area contributed by atoms with E-state index in [1.54, 1.807) is 0 Å². The number of pyridine rings is 1. The molecule has 0 radical (unpaired) electrons. The van der Waals surface area contributed by atoms with Gasteiger partial charge in [-0.05, 0) is 37.1 Å². The Bertz CT molecular complexity index is 586. The van der Waals surface area contributed by atoms with Crippen LogP contribution in [0.2, 0.25) is 0 Å². The molecule has 0 unspecified atom stereocenters. The maximum atomic E-state index is 5.36. The van der Waals surface area contributed by atoms with Gasteiger partial charge in [0.05, 0.1) is 0 Å². The van der Waals surface area contributed by atoms with Gasteiger partial charge in [0.25, 0.3) is 0 Å². The molecule has 2 rings (SSSR count). The van der Waals surface area contributed by atoms with Gasteiger partial charge in [0, 0.05) is 24.6 Å². The molecule has 0 atom stereocenters. The van der Waals surface area contributed by atoms with Gasteiger partial charge in [-0.1, -0.05) is 18.1 Å². The van der Waals surface area contributed by atoms with Crippen molar-refractivity contribution in [2.24, 2.45) is 0 Å². The van der Waals surface area contributed by atoms with Crippen molar-refractivity contribution in [1.82, 2.24) is 0 Å². The number of hydrogen-bond donors (Lipinski definition) is 0. The zero-order valence-electron chi connectivity index (χ0n) is 11.1. The maximum absolute atomic E-state index is 5.36. The summed E-state index contributed by atoms with van der Waals surface area (Å²) in [6, 6.07) is 13.0. The van der Waals surface area contributed by atoms with Crippen molar-refractivity contribution in [3.05, 3.63) is 53.9 Å². The van der Waals surface area contributed by atoms with E-state index in [9.17, 15) is 0 Å². The van der Waals surface area contributed by atoms with Gasteiger partial charge in [-0.15, -0.1) is 6.42 Å². The summed E-state index contributed by atoms with van der Waals surface area (Å²) in [5.74, 6) is 2.64. The molecule has 0 N–H and O–H groups in total. The smallest absolute Gasteiger partial charge is 0.179 e. The van der Waals surface area contributed by atoms with Crippen molar-refractivity contribution in [2.75, 3.05) is 0 Å². The Kier molecular flexibility index (Phi) is 3.48. The summed E-state index contributed by atoms with van der Waals surface area (Å²) < 4.78 is 2.26. The largest absolute Gasteiger partial charge is 0.201 e. The summed E-state index contributed by atoms with van der Waals surface area (Å²) in [5, 5.41) is 0. The highest BCUT2D eigenvalue weighted by Crippen LogP contribution is 2.19. The minimum atomic E-state index is 0.489. The van der Waals surface area contributed by atoms with E-state index in [1.165, 1.54) is 16.8 Å². The van der Waals surface area contributed by atoms with Crippen molar-refractivity contribution in [2.45, 2.75) is 26.8 Å². The average molecular weight is 236 g/mol. The molecular weight excluding hydrogens is 218 g/mol. The minimum Gasteiger partial charge on any atom is -0.201 e. The van der Waals surface area contributed by atoms with Gasteiger partial charge in [-0.25, -0.2) is 4.57 Å². The van der Waals surface area contributed by atoms with E-state index >= 15 is 0 Å². The number of aryl methyl sites for hydroxylation is 1. The molecule has 1 heterocycles. The van der Waals surface area contributed by atoms with Crippen molar-refractivity contribution in [1.29, 1.82) is 0 Å². The SMILES string of the molecule is C#Cc1ccc(-c2cc[n+](C(C)C)c(C)c2)cc1. The number of nitrogens with zero attached hydrogens (tertiary/aromatic N) is 1. The molecule has 0 aliphatic rings. The molecule has 90 valence electrons. The van der Waals surface area contributed by atoms with Gasteiger partial charge in [-0.3, -0.25) is 0 Å². The fourth-order valence-corrected chi connectivity index (χ4v) is 2.14. The molecule has 0 aliphatic carbocycles. The van der Waals surface area contributed by atoms with Crippen LogP contribution in [-0.4, -0.2) is 0 Å². The zero-order chi connectivity index (χ0) is 13.1. The van der Waals surface area contributed by atoms with E-state index in [2.05, 4.69) is 61.7 Å². The highest BCUT2D eigenvalue weighted by molar-refractivity contribution is 5.63. The van der Waals surface area contributed by atoms with Crippen LogP contribution in [0.15, 0.2) is 42.6 Å². The van der Waals surface area contributed by atoms with E-state index in [0.29, 0.717) is 6.04 Å². The standard InChI is InChI=1S/C17H18N/c1-5-15-6-8-16(9-7-15)17-10-11-18(13(2)3)14(4)12-17/h1,6-13H,2-4H3/q+1. The second-order valence-electron chi connectivity index (χ2n) is 4.78. The van der Waals surface area contributed by atoms with Crippen LogP contribution in [0.3, 0.4) is 0 Å². The molecule has 18 heavy (non-hydrogen) atoms. The molecule has 2 aromatic rings. The molecule has 0 amide bonds. The Labute approximate surface area is 109 Å². The second kappa shape index (κ2) is 5.06. The first-order valence-electron chi connectivity index (χ1n) is 6.20. The lowest BCUT2D eigenvalue weighted by atomic mass is 10.0. The molecule has 0 saturated heterocycles. The number of benzene rings is 1. The van der Waals surface area contributed by atoms with Crippen molar-refractivity contribution >= 4 is 0 Å². The quantitative estimate of drug-likeness (QED) is 0.555. The Morgan fingerprint density at radius 3 is 2.22 bits per heavy atom. The van der Waals surface area contributed by atoms with Crippen LogP contribution in [0.5, 0.6) is 0 Å². The summed E-state index contributed by atoms with van der Waals surface area (Å²) >= 11 is 0. The lowest BCUT2D eigenvalue weighted by Crippen LogP contribution is -2.38. The second-order valence-corrected chi connectivity index (χ2v) is 4.78. The third-order valence-electron chi connectivity index (χ3n) is 3.13. The van der Waals surface area contributed by atoms with E-state index in [0.717, 1.165) is 5.56 Å². The molecule has 1 aromatic carbocycles. The minimum absolute atomic E-state index is 0.489. The molecular formula is C17H18N+. The van der Waals surface area contributed by atoms with Crippen molar-refractivity contribution < 1.29 is 4.57 Å². The van der Waals surface area contributed by atoms with Gasteiger partial charge in [-0.2, -0.15) is 0 Å². The van der Waals surface area contributed by atoms with Crippen LogP contribution >= 0.6 is 0 Å². The highest BCUT2D eigenvalue weighted by atomic mass is 15.0. The maximum Gasteiger partial charge on any atom is 0.179 e. The molecule has 0 bridgehead atoms. The van der Waals surface area contributed by atoms with Gasteiger partial charge in [0.1, 0.15) is 0 Å². The van der Waals surface area contributed by atoms with Crippen LogP contribution in [0.1, 0.15) is 31.1 Å². The monoisotopic (exact) mass is 236 g/mol. The number of hydrogen-bond acceptors (Lipinski definition) is 0. The van der Waals surface area contributed by atoms with E-state index in [1.807, 2.05) is 12.1 Å². The Morgan fingerprint density at radius 1 is 1.06 bits per heavy atom. The number of aromatic nitrogens is 1. The normalized spacial score (nSPS) is 10.4. The van der Waals surface area contributed by atoms with Gasteiger partial charge >= 0.3 is 0 Å². The molecule has 1 heteroatoms. The van der Waals surface area contributed by atoms with E-state index in [-0.39, 0.29) is 0 Å². The zero-order valence-corrected chi connectivity index (χ0v) is 11.1.